The fourth-order valence-electron chi connectivity index (χ4n) is 3.84. The molecule has 2 aromatic rings. The van der Waals surface area contributed by atoms with Crippen LogP contribution in [0, 0.1) is 0 Å². The maximum absolute atomic E-state index is 12.5. The van der Waals surface area contributed by atoms with Crippen LogP contribution in [0.1, 0.15) is 56.0 Å². The molecule has 3 N–H and O–H groups in total. The van der Waals surface area contributed by atoms with Gasteiger partial charge in [-0.3, -0.25) is 4.79 Å². The van der Waals surface area contributed by atoms with Gasteiger partial charge in [0.1, 0.15) is 18.0 Å². The summed E-state index contributed by atoms with van der Waals surface area (Å²) >= 11 is 6.46. The Morgan fingerprint density at radius 3 is 2.50 bits per heavy atom. The van der Waals surface area contributed by atoms with Gasteiger partial charge in [0.2, 0.25) is 5.95 Å². The van der Waals surface area contributed by atoms with E-state index >= 15 is 0 Å². The number of nitrogens with zero attached hydrogens (tertiary/aromatic N) is 2. The highest BCUT2D eigenvalue weighted by molar-refractivity contribution is 6.33. The van der Waals surface area contributed by atoms with Gasteiger partial charge in [-0.25, -0.2) is 14.8 Å². The molecule has 2 heterocycles. The summed E-state index contributed by atoms with van der Waals surface area (Å²) in [5, 5.41) is 9.44. The second-order valence-corrected chi connectivity index (χ2v) is 10.7. The first kappa shape index (κ1) is 27.7. The molecule has 1 aliphatic carbocycles. The Labute approximate surface area is 226 Å². The van der Waals surface area contributed by atoms with Crippen LogP contribution in [-0.2, 0) is 16.1 Å². The summed E-state index contributed by atoms with van der Waals surface area (Å²) in [5.41, 5.74) is 0.470. The van der Waals surface area contributed by atoms with Gasteiger partial charge in [0.05, 0.1) is 43.2 Å². The number of nitrogens with one attached hydrogen (secondary N) is 3. The molecule has 2 aliphatic rings. The third kappa shape index (κ3) is 7.84. The van der Waals surface area contributed by atoms with Crippen LogP contribution in [0.4, 0.5) is 10.7 Å². The zero-order chi connectivity index (χ0) is 27.3. The van der Waals surface area contributed by atoms with E-state index in [1.807, 2.05) is 20.8 Å². The number of methoxy groups -OCH3 is 1. The molecule has 1 aromatic heterocycles. The number of benzene rings is 1. The fourth-order valence-corrected chi connectivity index (χ4v) is 4.08. The maximum atomic E-state index is 12.5. The largest absolute Gasteiger partial charge is 0.495 e. The summed E-state index contributed by atoms with van der Waals surface area (Å²) in [6.45, 7) is 6.45. The lowest BCUT2D eigenvalue weighted by molar-refractivity contribution is 0.0364. The van der Waals surface area contributed by atoms with E-state index in [9.17, 15) is 9.59 Å². The SMILES string of the molecule is COc1cc(C(=O)NC2CC2)cc(COc2cnc(N[C@@H]3COCC[C@@H]3NC(=O)OC(C)(C)C)nc2)c1Cl. The predicted molar refractivity (Wildman–Crippen MR) is 141 cm³/mol. The van der Waals surface area contributed by atoms with Gasteiger partial charge in [0.25, 0.3) is 5.91 Å². The minimum atomic E-state index is -0.586. The summed E-state index contributed by atoms with van der Waals surface area (Å²) < 4.78 is 22.1. The summed E-state index contributed by atoms with van der Waals surface area (Å²) in [6, 6.07) is 3.10. The van der Waals surface area contributed by atoms with Crippen LogP contribution in [0.25, 0.3) is 0 Å². The molecule has 2 fully saturated rings. The summed E-state index contributed by atoms with van der Waals surface area (Å²) in [7, 11) is 1.50. The molecular formula is C26H34ClN5O6. The van der Waals surface area contributed by atoms with Crippen molar-refractivity contribution in [2.45, 2.75) is 70.4 Å². The summed E-state index contributed by atoms with van der Waals surface area (Å²) in [6.07, 6.45) is 5.19. The van der Waals surface area contributed by atoms with Crippen LogP contribution in [0.5, 0.6) is 11.5 Å². The molecule has 12 heteroatoms. The Balaban J connectivity index is 1.36. The highest BCUT2D eigenvalue weighted by Gasteiger charge is 2.30. The van der Waals surface area contributed by atoms with Crippen molar-refractivity contribution in [3.8, 4) is 11.5 Å². The fraction of sp³-hybridized carbons (Fsp3) is 0.538. The van der Waals surface area contributed by atoms with Crippen molar-refractivity contribution >= 4 is 29.5 Å². The van der Waals surface area contributed by atoms with Gasteiger partial charge in [-0.1, -0.05) is 11.6 Å². The number of halogens is 1. The Morgan fingerprint density at radius 2 is 1.84 bits per heavy atom. The molecule has 1 saturated heterocycles. The molecule has 2 atom stereocenters. The minimum Gasteiger partial charge on any atom is -0.495 e. The van der Waals surface area contributed by atoms with E-state index in [1.165, 1.54) is 19.5 Å². The van der Waals surface area contributed by atoms with Gasteiger partial charge < -0.3 is 34.9 Å². The van der Waals surface area contributed by atoms with E-state index in [2.05, 4.69) is 25.9 Å². The van der Waals surface area contributed by atoms with Crippen molar-refractivity contribution in [3.05, 3.63) is 40.7 Å². The molecule has 11 nitrogen and oxygen atoms in total. The predicted octanol–water partition coefficient (Wildman–Crippen LogP) is 3.70. The second-order valence-electron chi connectivity index (χ2n) is 10.3. The Hall–Kier alpha value is -3.31. The Bertz CT molecular complexity index is 1140. The van der Waals surface area contributed by atoms with Gasteiger partial charge in [0.15, 0.2) is 5.75 Å². The first-order valence-corrected chi connectivity index (χ1v) is 12.9. The van der Waals surface area contributed by atoms with Crippen molar-refractivity contribution in [2.24, 2.45) is 0 Å². The number of hydrogen-bond acceptors (Lipinski definition) is 9. The van der Waals surface area contributed by atoms with E-state index in [0.29, 0.717) is 53.2 Å². The number of amides is 2. The summed E-state index contributed by atoms with van der Waals surface area (Å²) in [5.74, 6) is 1.01. The molecule has 1 aromatic carbocycles. The number of hydrogen-bond donors (Lipinski definition) is 3. The van der Waals surface area contributed by atoms with Gasteiger partial charge in [-0.15, -0.1) is 0 Å². The van der Waals surface area contributed by atoms with Crippen LogP contribution >= 0.6 is 11.6 Å². The minimum absolute atomic E-state index is 0.0915. The van der Waals surface area contributed by atoms with Crippen molar-refractivity contribution in [2.75, 3.05) is 25.6 Å². The first-order valence-electron chi connectivity index (χ1n) is 12.6. The zero-order valence-corrected chi connectivity index (χ0v) is 22.8. The van der Waals surface area contributed by atoms with Gasteiger partial charge in [0, 0.05) is 23.8 Å². The van der Waals surface area contributed by atoms with Gasteiger partial charge >= 0.3 is 6.09 Å². The first-order chi connectivity index (χ1) is 18.1. The van der Waals surface area contributed by atoms with Crippen molar-refractivity contribution in [1.29, 1.82) is 0 Å². The molecule has 0 radical (unpaired) electrons. The van der Waals surface area contributed by atoms with Crippen molar-refractivity contribution in [3.63, 3.8) is 0 Å². The molecular weight excluding hydrogens is 514 g/mol. The lowest BCUT2D eigenvalue weighted by Crippen LogP contribution is -2.53. The molecule has 38 heavy (non-hydrogen) atoms. The molecule has 206 valence electrons. The highest BCUT2D eigenvalue weighted by atomic mass is 35.5. The van der Waals surface area contributed by atoms with Crippen LogP contribution in [0.2, 0.25) is 5.02 Å². The number of aromatic nitrogens is 2. The molecule has 1 aliphatic heterocycles. The second kappa shape index (κ2) is 12.0. The molecule has 0 bridgehead atoms. The number of carbonyl (C=O) groups is 2. The standard InChI is InChI=1S/C26H34ClN5O6/c1-26(2,3)38-25(34)32-19-7-8-36-14-20(19)31-24-28-11-18(12-29-24)37-13-16-9-15(10-21(35-4)22(16)27)23(33)30-17-5-6-17/h9-12,17,19-20H,5-8,13-14H2,1-4H3,(H,30,33)(H,32,34)(H,28,29,31)/t19-,20+/m0/s1. The normalized spacial score (nSPS) is 19.3. The van der Waals surface area contributed by atoms with Crippen LogP contribution < -0.4 is 25.4 Å². The summed E-state index contributed by atoms with van der Waals surface area (Å²) in [4.78, 5) is 33.4. The zero-order valence-electron chi connectivity index (χ0n) is 22.0. The topological polar surface area (TPSA) is 133 Å². The Kier molecular flexibility index (Phi) is 8.78. The number of ether oxygens (including phenoxy) is 4. The van der Waals surface area contributed by atoms with Crippen molar-refractivity contribution in [1.82, 2.24) is 20.6 Å². The smallest absolute Gasteiger partial charge is 0.407 e. The van der Waals surface area contributed by atoms with E-state index in [1.54, 1.807) is 12.1 Å². The molecule has 0 spiro atoms. The average Bonchev–Trinajstić information content (AvgIpc) is 3.68. The van der Waals surface area contributed by atoms with Crippen LogP contribution in [0.3, 0.4) is 0 Å². The van der Waals surface area contributed by atoms with Gasteiger partial charge in [-0.05, 0) is 52.2 Å². The number of alkyl carbamates (subject to hydrolysis) is 1. The lowest BCUT2D eigenvalue weighted by Gasteiger charge is -2.33. The van der Waals surface area contributed by atoms with E-state index in [4.69, 9.17) is 30.5 Å². The van der Waals surface area contributed by atoms with Crippen LogP contribution in [-0.4, -0.2) is 66.0 Å². The van der Waals surface area contributed by atoms with Crippen molar-refractivity contribution < 1.29 is 28.5 Å². The Morgan fingerprint density at radius 1 is 1.11 bits per heavy atom. The van der Waals surface area contributed by atoms with Crippen LogP contribution in [0.15, 0.2) is 24.5 Å². The molecule has 0 unspecified atom stereocenters. The van der Waals surface area contributed by atoms with E-state index < -0.39 is 11.7 Å². The maximum Gasteiger partial charge on any atom is 0.407 e. The number of rotatable bonds is 9. The molecule has 2 amide bonds. The quantitative estimate of drug-likeness (QED) is 0.429. The average molecular weight is 548 g/mol. The van der Waals surface area contributed by atoms with Gasteiger partial charge in [-0.2, -0.15) is 0 Å². The molecule has 1 saturated carbocycles. The number of anilines is 1. The monoisotopic (exact) mass is 547 g/mol. The highest BCUT2D eigenvalue weighted by Crippen LogP contribution is 2.31. The third-order valence-corrected chi connectivity index (χ3v) is 6.33. The molecule has 4 rings (SSSR count). The third-order valence-electron chi connectivity index (χ3n) is 5.90. The van der Waals surface area contributed by atoms with E-state index in [0.717, 1.165) is 12.8 Å². The number of carbonyl (C=O) groups excluding carboxylic acids is 2. The lowest BCUT2D eigenvalue weighted by atomic mass is 10.0. The van der Waals surface area contributed by atoms with E-state index in [-0.39, 0.29) is 30.6 Å².